The minimum Gasteiger partial charge on any atom is -0.468 e. The molecular formula is C13H24N2O4. The van der Waals surface area contributed by atoms with Crippen LogP contribution in [-0.4, -0.2) is 56.7 Å². The molecule has 1 aliphatic rings. The van der Waals surface area contributed by atoms with E-state index in [0.717, 1.165) is 6.42 Å². The summed E-state index contributed by atoms with van der Waals surface area (Å²) in [6.07, 6.45) is 2.02. The van der Waals surface area contributed by atoms with E-state index in [1.807, 2.05) is 6.92 Å². The van der Waals surface area contributed by atoms with Gasteiger partial charge in [0.1, 0.15) is 6.54 Å². The number of rotatable bonds is 6. The van der Waals surface area contributed by atoms with Gasteiger partial charge >= 0.3 is 5.97 Å². The fourth-order valence-electron chi connectivity index (χ4n) is 2.35. The molecular weight excluding hydrogens is 248 g/mol. The number of hydrogen-bond donors (Lipinski definition) is 1. The highest BCUT2D eigenvalue weighted by Crippen LogP contribution is 2.31. The van der Waals surface area contributed by atoms with Crippen LogP contribution in [0.4, 0.5) is 0 Å². The third-order valence-corrected chi connectivity index (χ3v) is 3.62. The number of amides is 1. The predicted molar refractivity (Wildman–Crippen MR) is 70.4 cm³/mol. The Balaban J connectivity index is 2.80. The first kappa shape index (κ1) is 15.9. The molecule has 0 spiro atoms. The highest BCUT2D eigenvalue weighted by Gasteiger charge is 2.41. The SMILES string of the molecule is CCCN(CC(=O)OC)C(=O)C1(CN)CCOCC1. The van der Waals surface area contributed by atoms with Crippen LogP contribution >= 0.6 is 0 Å². The maximum absolute atomic E-state index is 12.7. The summed E-state index contributed by atoms with van der Waals surface area (Å²) in [4.78, 5) is 25.6. The lowest BCUT2D eigenvalue weighted by Gasteiger charge is -2.38. The quantitative estimate of drug-likeness (QED) is 0.696. The van der Waals surface area contributed by atoms with Crippen LogP contribution in [0.3, 0.4) is 0 Å². The summed E-state index contributed by atoms with van der Waals surface area (Å²) < 4.78 is 9.94. The number of esters is 1. The zero-order chi connectivity index (χ0) is 14.3. The van der Waals surface area contributed by atoms with Gasteiger partial charge < -0.3 is 20.1 Å². The van der Waals surface area contributed by atoms with Gasteiger partial charge in [-0.1, -0.05) is 6.92 Å². The molecule has 0 bridgehead atoms. The van der Waals surface area contributed by atoms with E-state index in [2.05, 4.69) is 4.74 Å². The van der Waals surface area contributed by atoms with E-state index in [9.17, 15) is 9.59 Å². The standard InChI is InChI=1S/C13H24N2O4/c1-3-6-15(9-11(16)18-2)12(17)13(10-14)4-7-19-8-5-13/h3-10,14H2,1-2H3. The lowest BCUT2D eigenvalue weighted by Crippen LogP contribution is -2.52. The molecule has 0 aromatic carbocycles. The number of nitrogens with zero attached hydrogens (tertiary/aromatic N) is 1. The van der Waals surface area contributed by atoms with Gasteiger partial charge in [-0.25, -0.2) is 0 Å². The monoisotopic (exact) mass is 272 g/mol. The van der Waals surface area contributed by atoms with E-state index in [4.69, 9.17) is 10.5 Å². The Hall–Kier alpha value is -1.14. The van der Waals surface area contributed by atoms with Crippen LogP contribution in [-0.2, 0) is 19.1 Å². The Kier molecular flexibility index (Phi) is 6.24. The van der Waals surface area contributed by atoms with Crippen molar-refractivity contribution in [1.29, 1.82) is 0 Å². The molecule has 0 unspecified atom stereocenters. The summed E-state index contributed by atoms with van der Waals surface area (Å²) in [5.41, 5.74) is 5.24. The number of nitrogens with two attached hydrogens (primary N) is 1. The van der Waals surface area contributed by atoms with Gasteiger partial charge in [-0.2, -0.15) is 0 Å². The summed E-state index contributed by atoms with van der Waals surface area (Å²) in [7, 11) is 1.32. The number of hydrogen-bond acceptors (Lipinski definition) is 5. The van der Waals surface area contributed by atoms with Crippen molar-refractivity contribution in [2.75, 3.05) is 40.0 Å². The van der Waals surface area contributed by atoms with Crippen molar-refractivity contribution < 1.29 is 19.1 Å². The first-order chi connectivity index (χ1) is 9.09. The van der Waals surface area contributed by atoms with Crippen molar-refractivity contribution in [2.45, 2.75) is 26.2 Å². The van der Waals surface area contributed by atoms with Crippen molar-refractivity contribution in [3.8, 4) is 0 Å². The highest BCUT2D eigenvalue weighted by atomic mass is 16.5. The van der Waals surface area contributed by atoms with Gasteiger partial charge in [-0.05, 0) is 19.3 Å². The summed E-state index contributed by atoms with van der Waals surface area (Å²) in [6, 6.07) is 0. The van der Waals surface area contributed by atoms with Crippen molar-refractivity contribution in [1.82, 2.24) is 4.90 Å². The average Bonchev–Trinajstić information content (AvgIpc) is 2.46. The van der Waals surface area contributed by atoms with Gasteiger partial charge in [-0.3, -0.25) is 9.59 Å². The van der Waals surface area contributed by atoms with Crippen molar-refractivity contribution in [2.24, 2.45) is 11.1 Å². The Labute approximate surface area is 114 Å². The molecule has 0 aliphatic carbocycles. The van der Waals surface area contributed by atoms with Gasteiger partial charge in [0.2, 0.25) is 5.91 Å². The second-order valence-corrected chi connectivity index (χ2v) is 4.90. The average molecular weight is 272 g/mol. The van der Waals surface area contributed by atoms with E-state index in [1.54, 1.807) is 4.90 Å². The summed E-state index contributed by atoms with van der Waals surface area (Å²) in [6.45, 7) is 3.87. The molecule has 110 valence electrons. The van der Waals surface area contributed by atoms with Crippen LogP contribution in [0.2, 0.25) is 0 Å². The van der Waals surface area contributed by atoms with Crippen molar-refractivity contribution >= 4 is 11.9 Å². The Morgan fingerprint density at radius 3 is 2.47 bits per heavy atom. The predicted octanol–water partition coefficient (Wildman–Crippen LogP) is 0.154. The van der Waals surface area contributed by atoms with Crippen LogP contribution in [0.1, 0.15) is 26.2 Å². The summed E-state index contributed by atoms with van der Waals surface area (Å²) >= 11 is 0. The number of methoxy groups -OCH3 is 1. The highest BCUT2D eigenvalue weighted by molar-refractivity contribution is 5.86. The molecule has 1 saturated heterocycles. The molecule has 6 heteroatoms. The third-order valence-electron chi connectivity index (χ3n) is 3.62. The van der Waals surface area contributed by atoms with E-state index >= 15 is 0 Å². The van der Waals surface area contributed by atoms with E-state index in [-0.39, 0.29) is 19.0 Å². The maximum Gasteiger partial charge on any atom is 0.325 e. The first-order valence-corrected chi connectivity index (χ1v) is 6.73. The Bertz CT molecular complexity index is 314. The largest absolute Gasteiger partial charge is 0.468 e. The molecule has 6 nitrogen and oxygen atoms in total. The van der Waals surface area contributed by atoms with Crippen LogP contribution in [0.15, 0.2) is 0 Å². The second kappa shape index (κ2) is 7.45. The van der Waals surface area contributed by atoms with E-state index in [1.165, 1.54) is 7.11 Å². The maximum atomic E-state index is 12.7. The molecule has 0 aromatic heterocycles. The van der Waals surface area contributed by atoms with Gasteiger partial charge in [0.05, 0.1) is 12.5 Å². The van der Waals surface area contributed by atoms with E-state index < -0.39 is 11.4 Å². The molecule has 0 saturated carbocycles. The Morgan fingerprint density at radius 2 is 2.00 bits per heavy atom. The van der Waals surface area contributed by atoms with Crippen molar-refractivity contribution in [3.63, 3.8) is 0 Å². The number of ether oxygens (including phenoxy) is 2. The Morgan fingerprint density at radius 1 is 1.37 bits per heavy atom. The first-order valence-electron chi connectivity index (χ1n) is 6.73. The number of carbonyl (C=O) groups excluding carboxylic acids is 2. The molecule has 1 amide bonds. The lowest BCUT2D eigenvalue weighted by atomic mass is 9.79. The smallest absolute Gasteiger partial charge is 0.325 e. The summed E-state index contributed by atoms with van der Waals surface area (Å²) in [5.74, 6) is -0.452. The molecule has 2 N–H and O–H groups in total. The zero-order valence-electron chi connectivity index (χ0n) is 11.8. The topological polar surface area (TPSA) is 81.9 Å². The lowest BCUT2D eigenvalue weighted by molar-refractivity contribution is -0.154. The molecule has 0 aromatic rings. The molecule has 1 aliphatic heterocycles. The molecule has 1 rings (SSSR count). The van der Waals surface area contributed by atoms with Crippen LogP contribution in [0.25, 0.3) is 0 Å². The second-order valence-electron chi connectivity index (χ2n) is 4.90. The minimum absolute atomic E-state index is 0.00815. The van der Waals surface area contributed by atoms with Crippen LogP contribution < -0.4 is 5.73 Å². The molecule has 1 heterocycles. The number of carbonyl (C=O) groups is 2. The van der Waals surface area contributed by atoms with Crippen molar-refractivity contribution in [3.05, 3.63) is 0 Å². The van der Waals surface area contributed by atoms with Crippen LogP contribution in [0.5, 0.6) is 0 Å². The van der Waals surface area contributed by atoms with Gasteiger partial charge in [-0.15, -0.1) is 0 Å². The van der Waals surface area contributed by atoms with Crippen LogP contribution in [0, 0.1) is 5.41 Å². The van der Waals surface area contributed by atoms with Gasteiger partial charge in [0.15, 0.2) is 0 Å². The fourth-order valence-corrected chi connectivity index (χ4v) is 2.35. The third kappa shape index (κ3) is 3.91. The molecule has 1 fully saturated rings. The molecule has 0 atom stereocenters. The van der Waals surface area contributed by atoms with E-state index in [0.29, 0.717) is 32.6 Å². The van der Waals surface area contributed by atoms with Gasteiger partial charge in [0.25, 0.3) is 0 Å². The normalized spacial score (nSPS) is 17.8. The zero-order valence-corrected chi connectivity index (χ0v) is 11.8. The fraction of sp³-hybridized carbons (Fsp3) is 0.846. The van der Waals surface area contributed by atoms with Gasteiger partial charge in [0, 0.05) is 26.3 Å². The molecule has 0 radical (unpaired) electrons. The minimum atomic E-state index is -0.582. The summed E-state index contributed by atoms with van der Waals surface area (Å²) in [5, 5.41) is 0. The molecule has 19 heavy (non-hydrogen) atoms.